The molecule has 0 unspecified atom stereocenters. The van der Waals surface area contributed by atoms with Crippen LogP contribution in [0.1, 0.15) is 39.1 Å². The summed E-state index contributed by atoms with van der Waals surface area (Å²) in [6.07, 6.45) is 0.330. The second-order valence-corrected chi connectivity index (χ2v) is 5.71. The molecule has 0 radical (unpaired) electrons. The number of carbonyl (C=O) groups is 3. The van der Waals surface area contributed by atoms with Crippen molar-refractivity contribution < 1.29 is 27.9 Å². The second-order valence-electron chi connectivity index (χ2n) is 5.71. The van der Waals surface area contributed by atoms with Gasteiger partial charge in [0.15, 0.2) is 0 Å². The van der Waals surface area contributed by atoms with E-state index in [-0.39, 0.29) is 31.6 Å². The Hall–Kier alpha value is -3.29. The summed E-state index contributed by atoms with van der Waals surface area (Å²) in [6, 6.07) is 9.08. The zero-order valence-corrected chi connectivity index (χ0v) is 14.3. The predicted molar refractivity (Wildman–Crippen MR) is 92.7 cm³/mol. The Balaban J connectivity index is 1.71. The molecule has 0 aliphatic heterocycles. The van der Waals surface area contributed by atoms with E-state index in [1.807, 2.05) is 0 Å². The molecule has 0 bridgehead atoms. The first-order valence-corrected chi connectivity index (χ1v) is 8.14. The van der Waals surface area contributed by atoms with E-state index in [0.29, 0.717) is 17.2 Å². The molecule has 6 nitrogen and oxygen atoms in total. The van der Waals surface area contributed by atoms with E-state index in [1.165, 1.54) is 6.07 Å². The lowest BCUT2D eigenvalue weighted by Gasteiger charge is -2.07. The normalized spacial score (nSPS) is 10.3. The van der Waals surface area contributed by atoms with Gasteiger partial charge in [-0.15, -0.1) is 0 Å². The summed E-state index contributed by atoms with van der Waals surface area (Å²) in [5.74, 6) is -3.47. The van der Waals surface area contributed by atoms with Crippen molar-refractivity contribution in [3.05, 3.63) is 70.8 Å². The van der Waals surface area contributed by atoms with E-state index in [0.717, 1.165) is 12.1 Å². The number of primary amides is 1. The first-order chi connectivity index (χ1) is 12.9. The molecule has 0 saturated carbocycles. The topological polar surface area (TPSA) is 98.5 Å². The highest BCUT2D eigenvalue weighted by atomic mass is 19.1. The zero-order chi connectivity index (χ0) is 19.8. The highest BCUT2D eigenvalue weighted by molar-refractivity contribution is 5.94. The molecular weight excluding hydrogens is 358 g/mol. The molecule has 0 heterocycles. The van der Waals surface area contributed by atoms with Crippen LogP contribution < -0.4 is 11.1 Å². The first-order valence-electron chi connectivity index (χ1n) is 8.14. The Kier molecular flexibility index (Phi) is 6.99. The van der Waals surface area contributed by atoms with Gasteiger partial charge in [0, 0.05) is 24.6 Å². The number of rotatable bonds is 8. The number of carbonyl (C=O) groups excluding carboxylic acids is 3. The third-order valence-corrected chi connectivity index (χ3v) is 3.63. The SMILES string of the molecule is NC(=O)c1cccc(COC(=O)CCCNC(=O)c2ccc(F)cc2F)c1. The molecule has 0 aromatic heterocycles. The van der Waals surface area contributed by atoms with Crippen molar-refractivity contribution >= 4 is 17.8 Å². The number of ether oxygens (including phenoxy) is 1. The molecule has 2 aromatic carbocycles. The Bertz CT molecular complexity index is 855. The Morgan fingerprint density at radius 1 is 1.07 bits per heavy atom. The van der Waals surface area contributed by atoms with Crippen molar-refractivity contribution in [1.82, 2.24) is 5.32 Å². The molecule has 8 heteroatoms. The van der Waals surface area contributed by atoms with E-state index in [4.69, 9.17) is 10.5 Å². The summed E-state index contributed by atoms with van der Waals surface area (Å²) >= 11 is 0. The Morgan fingerprint density at radius 3 is 2.56 bits per heavy atom. The molecule has 2 rings (SSSR count). The number of hydrogen-bond donors (Lipinski definition) is 2. The summed E-state index contributed by atoms with van der Waals surface area (Å²) in [7, 11) is 0. The molecule has 0 spiro atoms. The van der Waals surface area contributed by atoms with Gasteiger partial charge in [-0.25, -0.2) is 8.78 Å². The largest absolute Gasteiger partial charge is 0.461 e. The van der Waals surface area contributed by atoms with Gasteiger partial charge in [-0.3, -0.25) is 14.4 Å². The lowest BCUT2D eigenvalue weighted by atomic mass is 10.1. The van der Waals surface area contributed by atoms with Crippen molar-refractivity contribution in [1.29, 1.82) is 0 Å². The van der Waals surface area contributed by atoms with Gasteiger partial charge in [0.2, 0.25) is 5.91 Å². The van der Waals surface area contributed by atoms with E-state index < -0.39 is 29.4 Å². The molecule has 2 amide bonds. The van der Waals surface area contributed by atoms with Crippen LogP contribution in [0.3, 0.4) is 0 Å². The minimum Gasteiger partial charge on any atom is -0.461 e. The predicted octanol–water partition coefficient (Wildman–Crippen LogP) is 2.32. The van der Waals surface area contributed by atoms with E-state index in [9.17, 15) is 23.2 Å². The van der Waals surface area contributed by atoms with Crippen LogP contribution in [-0.2, 0) is 16.1 Å². The molecule has 0 aliphatic carbocycles. The quantitative estimate of drug-likeness (QED) is 0.546. The smallest absolute Gasteiger partial charge is 0.306 e. The minimum absolute atomic E-state index is 0.00684. The summed E-state index contributed by atoms with van der Waals surface area (Å²) in [6.45, 7) is 0.120. The Morgan fingerprint density at radius 2 is 1.85 bits per heavy atom. The van der Waals surface area contributed by atoms with Crippen LogP contribution in [0.15, 0.2) is 42.5 Å². The second kappa shape index (κ2) is 9.42. The third-order valence-electron chi connectivity index (χ3n) is 3.63. The summed E-state index contributed by atoms with van der Waals surface area (Å²) in [4.78, 5) is 34.6. The van der Waals surface area contributed by atoms with Gasteiger partial charge in [0.1, 0.15) is 18.2 Å². The average molecular weight is 376 g/mol. The van der Waals surface area contributed by atoms with Crippen LogP contribution in [0, 0.1) is 11.6 Å². The van der Waals surface area contributed by atoms with E-state index >= 15 is 0 Å². The van der Waals surface area contributed by atoms with Crippen molar-refractivity contribution in [2.24, 2.45) is 5.73 Å². The maximum Gasteiger partial charge on any atom is 0.306 e. The van der Waals surface area contributed by atoms with Crippen LogP contribution in [-0.4, -0.2) is 24.3 Å². The monoisotopic (exact) mass is 376 g/mol. The van der Waals surface area contributed by atoms with Crippen molar-refractivity contribution in [2.75, 3.05) is 6.54 Å². The molecule has 0 fully saturated rings. The van der Waals surface area contributed by atoms with Crippen LogP contribution in [0.25, 0.3) is 0 Å². The number of amides is 2. The summed E-state index contributed by atoms with van der Waals surface area (Å²) < 4.78 is 31.4. The highest BCUT2D eigenvalue weighted by Gasteiger charge is 2.12. The maximum atomic E-state index is 13.5. The number of halogens is 2. The lowest BCUT2D eigenvalue weighted by Crippen LogP contribution is -2.26. The summed E-state index contributed by atoms with van der Waals surface area (Å²) in [5, 5.41) is 2.45. The van der Waals surface area contributed by atoms with Gasteiger partial charge < -0.3 is 15.8 Å². The van der Waals surface area contributed by atoms with Gasteiger partial charge in [-0.2, -0.15) is 0 Å². The third kappa shape index (κ3) is 6.18. The Labute approximate surface area is 154 Å². The summed E-state index contributed by atoms with van der Waals surface area (Å²) in [5.41, 5.74) is 5.85. The number of nitrogens with one attached hydrogen (secondary N) is 1. The number of nitrogens with two attached hydrogens (primary N) is 1. The molecule has 0 saturated heterocycles. The molecule has 3 N–H and O–H groups in total. The van der Waals surface area contributed by atoms with Gasteiger partial charge >= 0.3 is 5.97 Å². The molecular formula is C19H18F2N2O4. The van der Waals surface area contributed by atoms with Crippen LogP contribution in [0.4, 0.5) is 8.78 Å². The minimum atomic E-state index is -0.954. The van der Waals surface area contributed by atoms with E-state index in [2.05, 4.69) is 5.32 Å². The van der Waals surface area contributed by atoms with Crippen LogP contribution in [0.2, 0.25) is 0 Å². The fourth-order valence-corrected chi connectivity index (χ4v) is 2.25. The molecule has 2 aromatic rings. The average Bonchev–Trinajstić information content (AvgIpc) is 2.63. The van der Waals surface area contributed by atoms with Gasteiger partial charge in [0.25, 0.3) is 5.91 Å². The first kappa shape index (κ1) is 20.0. The molecule has 27 heavy (non-hydrogen) atoms. The van der Waals surface area contributed by atoms with Crippen molar-refractivity contribution in [3.63, 3.8) is 0 Å². The maximum absolute atomic E-state index is 13.5. The standard InChI is InChI=1S/C19H18F2N2O4/c20-14-6-7-15(16(21)10-14)19(26)23-8-2-5-17(24)27-11-12-3-1-4-13(9-12)18(22)25/h1,3-4,6-7,9-10H,2,5,8,11H2,(H2,22,25)(H,23,26). The molecule has 0 aliphatic rings. The van der Waals surface area contributed by atoms with Gasteiger partial charge in [0.05, 0.1) is 5.56 Å². The lowest BCUT2D eigenvalue weighted by molar-refractivity contribution is -0.145. The number of esters is 1. The number of benzene rings is 2. The van der Waals surface area contributed by atoms with Crippen molar-refractivity contribution in [2.45, 2.75) is 19.4 Å². The molecule has 142 valence electrons. The van der Waals surface area contributed by atoms with Crippen LogP contribution in [0.5, 0.6) is 0 Å². The highest BCUT2D eigenvalue weighted by Crippen LogP contribution is 2.10. The van der Waals surface area contributed by atoms with Crippen molar-refractivity contribution in [3.8, 4) is 0 Å². The van der Waals surface area contributed by atoms with E-state index in [1.54, 1.807) is 18.2 Å². The van der Waals surface area contributed by atoms with Gasteiger partial charge in [-0.1, -0.05) is 12.1 Å². The van der Waals surface area contributed by atoms with Crippen LogP contribution >= 0.6 is 0 Å². The van der Waals surface area contributed by atoms with Gasteiger partial charge in [-0.05, 0) is 36.2 Å². The fourth-order valence-electron chi connectivity index (χ4n) is 2.25. The molecule has 0 atom stereocenters. The zero-order valence-electron chi connectivity index (χ0n) is 14.3. The number of hydrogen-bond acceptors (Lipinski definition) is 4. The fraction of sp³-hybridized carbons (Fsp3) is 0.211.